The fourth-order valence-electron chi connectivity index (χ4n) is 3.59. The first kappa shape index (κ1) is 16.1. The zero-order valence-electron chi connectivity index (χ0n) is 14.9. The summed E-state index contributed by atoms with van der Waals surface area (Å²) >= 11 is 0. The van der Waals surface area contributed by atoms with Crippen LogP contribution in [0.2, 0.25) is 0 Å². The second-order valence-corrected chi connectivity index (χ2v) is 7.24. The lowest BCUT2D eigenvalue weighted by molar-refractivity contribution is 0.0137. The van der Waals surface area contributed by atoms with E-state index in [4.69, 9.17) is 9.84 Å². The summed E-state index contributed by atoms with van der Waals surface area (Å²) in [6.07, 6.45) is 4.69. The summed E-state index contributed by atoms with van der Waals surface area (Å²) in [6.45, 7) is 5.16. The molecule has 5 heterocycles. The fourth-order valence-corrected chi connectivity index (χ4v) is 3.59. The molecular formula is C19H17FN6O. The van der Waals surface area contributed by atoms with Crippen LogP contribution in [0.1, 0.15) is 19.5 Å². The molecule has 27 heavy (non-hydrogen) atoms. The van der Waals surface area contributed by atoms with Crippen LogP contribution in [0.3, 0.4) is 0 Å². The van der Waals surface area contributed by atoms with E-state index in [1.54, 1.807) is 18.5 Å². The van der Waals surface area contributed by atoms with Crippen molar-refractivity contribution in [2.45, 2.75) is 26.0 Å². The van der Waals surface area contributed by atoms with Gasteiger partial charge in [-0.2, -0.15) is 10.2 Å². The molecule has 4 aromatic heterocycles. The number of hydrogen-bond acceptors (Lipinski definition) is 5. The van der Waals surface area contributed by atoms with E-state index in [1.807, 2.05) is 10.7 Å². The van der Waals surface area contributed by atoms with Crippen LogP contribution >= 0.6 is 0 Å². The second-order valence-electron chi connectivity index (χ2n) is 7.24. The Morgan fingerprint density at radius 2 is 2.07 bits per heavy atom. The number of H-pyrrole nitrogens is 1. The number of nitrogens with one attached hydrogen (secondary N) is 1. The molecule has 0 atom stereocenters. The predicted octanol–water partition coefficient (Wildman–Crippen LogP) is 3.29. The Hall–Kier alpha value is -3.13. The third-order valence-corrected chi connectivity index (χ3v) is 4.84. The van der Waals surface area contributed by atoms with Crippen molar-refractivity contribution in [1.29, 1.82) is 0 Å². The minimum Gasteiger partial charge on any atom is -0.373 e. The molecule has 0 radical (unpaired) electrons. The summed E-state index contributed by atoms with van der Waals surface area (Å²) in [5, 5.41) is 12.8. The van der Waals surface area contributed by atoms with E-state index in [2.05, 4.69) is 34.0 Å². The highest BCUT2D eigenvalue weighted by Gasteiger charge is 2.34. The zero-order valence-corrected chi connectivity index (χ0v) is 14.9. The van der Waals surface area contributed by atoms with E-state index in [-0.39, 0.29) is 11.4 Å². The van der Waals surface area contributed by atoms with Crippen molar-refractivity contribution >= 4 is 11.0 Å². The van der Waals surface area contributed by atoms with Gasteiger partial charge >= 0.3 is 0 Å². The van der Waals surface area contributed by atoms with E-state index in [0.717, 1.165) is 22.2 Å². The number of hydrogen-bond donors (Lipinski definition) is 1. The Morgan fingerprint density at radius 1 is 1.19 bits per heavy atom. The van der Waals surface area contributed by atoms with Crippen molar-refractivity contribution in [2.24, 2.45) is 0 Å². The van der Waals surface area contributed by atoms with Crippen LogP contribution in [-0.2, 0) is 16.9 Å². The maximum absolute atomic E-state index is 13.4. The third kappa shape index (κ3) is 2.44. The standard InChI is InChI=1S/C19H17FN6O/c1-19(2)10-27-9-15-16(12-5-6-21-18-13(12)8-23-24-18)17(25-26(15)19)14-4-3-11(20)7-22-14/h3-8H,9-10H2,1-2H3,(H,21,23,24). The van der Waals surface area contributed by atoms with Crippen LogP contribution in [-0.4, -0.2) is 36.6 Å². The average molecular weight is 364 g/mol. The van der Waals surface area contributed by atoms with Gasteiger partial charge in [0.05, 0.1) is 42.5 Å². The van der Waals surface area contributed by atoms with E-state index in [9.17, 15) is 4.39 Å². The van der Waals surface area contributed by atoms with Crippen molar-refractivity contribution in [1.82, 2.24) is 29.9 Å². The smallest absolute Gasteiger partial charge is 0.155 e. The Balaban J connectivity index is 1.85. The normalized spacial score (nSPS) is 15.8. The van der Waals surface area contributed by atoms with Gasteiger partial charge in [0.25, 0.3) is 0 Å². The number of rotatable bonds is 2. The van der Waals surface area contributed by atoms with E-state index in [0.29, 0.717) is 30.2 Å². The number of ether oxygens (including phenoxy) is 1. The third-order valence-electron chi connectivity index (χ3n) is 4.84. The van der Waals surface area contributed by atoms with Crippen LogP contribution in [0, 0.1) is 5.82 Å². The van der Waals surface area contributed by atoms with Crippen molar-refractivity contribution in [3.8, 4) is 22.5 Å². The number of aromatic nitrogens is 6. The number of aromatic amines is 1. The van der Waals surface area contributed by atoms with Gasteiger partial charge in [-0.1, -0.05) is 0 Å². The predicted molar refractivity (Wildman–Crippen MR) is 97.3 cm³/mol. The van der Waals surface area contributed by atoms with Gasteiger partial charge in [-0.3, -0.25) is 14.8 Å². The van der Waals surface area contributed by atoms with Gasteiger partial charge in [0.1, 0.15) is 11.5 Å². The van der Waals surface area contributed by atoms with Gasteiger partial charge in [-0.25, -0.2) is 9.37 Å². The summed E-state index contributed by atoms with van der Waals surface area (Å²) in [4.78, 5) is 8.59. The highest BCUT2D eigenvalue weighted by atomic mass is 19.1. The summed E-state index contributed by atoms with van der Waals surface area (Å²) in [5.74, 6) is -0.380. The molecule has 4 aromatic rings. The summed E-state index contributed by atoms with van der Waals surface area (Å²) in [7, 11) is 0. The first-order valence-corrected chi connectivity index (χ1v) is 8.65. The molecule has 0 saturated heterocycles. The van der Waals surface area contributed by atoms with E-state index in [1.165, 1.54) is 12.3 Å². The number of halogens is 1. The molecule has 0 saturated carbocycles. The first-order valence-electron chi connectivity index (χ1n) is 8.65. The SMILES string of the molecule is CC1(C)COCc2c(-c3ccnc4[nH]ncc34)c(-c3ccc(F)cn3)nn21. The van der Waals surface area contributed by atoms with Gasteiger partial charge < -0.3 is 4.74 Å². The molecule has 1 aliphatic rings. The van der Waals surface area contributed by atoms with Crippen molar-refractivity contribution in [2.75, 3.05) is 6.61 Å². The molecule has 136 valence electrons. The second kappa shape index (κ2) is 5.68. The molecule has 0 unspecified atom stereocenters. The van der Waals surface area contributed by atoms with Crippen LogP contribution in [0.5, 0.6) is 0 Å². The molecule has 0 amide bonds. The minimum absolute atomic E-state index is 0.302. The Kier molecular flexibility index (Phi) is 3.38. The Bertz CT molecular complexity index is 1140. The van der Waals surface area contributed by atoms with Gasteiger partial charge in [0.2, 0.25) is 0 Å². The fraction of sp³-hybridized carbons (Fsp3) is 0.263. The zero-order chi connectivity index (χ0) is 18.6. The summed E-state index contributed by atoms with van der Waals surface area (Å²) in [6, 6.07) is 4.98. The van der Waals surface area contributed by atoms with E-state index >= 15 is 0 Å². The number of nitrogens with zero attached hydrogens (tertiary/aromatic N) is 5. The molecule has 0 spiro atoms. The molecule has 7 nitrogen and oxygen atoms in total. The Morgan fingerprint density at radius 3 is 2.89 bits per heavy atom. The molecular weight excluding hydrogens is 347 g/mol. The highest BCUT2D eigenvalue weighted by molar-refractivity contribution is 5.97. The van der Waals surface area contributed by atoms with Crippen molar-refractivity contribution in [3.05, 3.63) is 48.3 Å². The minimum atomic E-state index is -0.380. The number of fused-ring (bicyclic) bond motifs is 2. The summed E-state index contributed by atoms with van der Waals surface area (Å²) in [5.41, 5.74) is 4.51. The maximum atomic E-state index is 13.4. The van der Waals surface area contributed by atoms with Gasteiger partial charge in [-0.15, -0.1) is 0 Å². The quantitative estimate of drug-likeness (QED) is 0.590. The van der Waals surface area contributed by atoms with Crippen LogP contribution in [0.25, 0.3) is 33.5 Å². The molecule has 0 aliphatic carbocycles. The van der Waals surface area contributed by atoms with Gasteiger partial charge in [0.15, 0.2) is 5.65 Å². The van der Waals surface area contributed by atoms with Gasteiger partial charge in [0, 0.05) is 22.7 Å². The van der Waals surface area contributed by atoms with Crippen molar-refractivity contribution < 1.29 is 9.13 Å². The summed E-state index contributed by atoms with van der Waals surface area (Å²) < 4.78 is 21.3. The molecule has 1 N–H and O–H groups in total. The molecule has 0 aromatic carbocycles. The maximum Gasteiger partial charge on any atom is 0.155 e. The largest absolute Gasteiger partial charge is 0.373 e. The van der Waals surface area contributed by atoms with Crippen LogP contribution in [0.15, 0.2) is 36.8 Å². The molecule has 0 bridgehead atoms. The molecule has 0 fully saturated rings. The van der Waals surface area contributed by atoms with Gasteiger partial charge in [-0.05, 0) is 32.0 Å². The molecule has 8 heteroatoms. The lowest BCUT2D eigenvalue weighted by Crippen LogP contribution is -2.38. The average Bonchev–Trinajstić information content (AvgIpc) is 3.27. The van der Waals surface area contributed by atoms with E-state index < -0.39 is 0 Å². The highest BCUT2D eigenvalue weighted by Crippen LogP contribution is 2.40. The lowest BCUT2D eigenvalue weighted by Gasteiger charge is -2.32. The van der Waals surface area contributed by atoms with Crippen LogP contribution < -0.4 is 0 Å². The number of pyridine rings is 2. The van der Waals surface area contributed by atoms with Crippen LogP contribution in [0.4, 0.5) is 4.39 Å². The molecule has 5 rings (SSSR count). The topological polar surface area (TPSA) is 81.5 Å². The Labute approximate surface area is 154 Å². The lowest BCUT2D eigenvalue weighted by atomic mass is 9.98. The molecule has 1 aliphatic heterocycles. The monoisotopic (exact) mass is 364 g/mol. The first-order chi connectivity index (χ1) is 13.0. The van der Waals surface area contributed by atoms with Crippen molar-refractivity contribution in [3.63, 3.8) is 0 Å².